The van der Waals surface area contributed by atoms with Crippen LogP contribution in [0.5, 0.6) is 0 Å². The number of esters is 1. The number of aliphatic hydroxyl groups is 1. The maximum absolute atomic E-state index is 13.6. The quantitative estimate of drug-likeness (QED) is 0.429. The summed E-state index contributed by atoms with van der Waals surface area (Å²) >= 11 is 0. The van der Waals surface area contributed by atoms with Gasteiger partial charge < -0.3 is 9.84 Å². The van der Waals surface area contributed by atoms with Gasteiger partial charge in [-0.1, -0.05) is 32.6 Å². The van der Waals surface area contributed by atoms with Gasteiger partial charge in [-0.3, -0.25) is 4.79 Å². The Morgan fingerprint density at radius 1 is 1.32 bits per heavy atom. The molecule has 0 aromatic rings. The number of ether oxygens (including phenoxy) is 1. The van der Waals surface area contributed by atoms with Crippen LogP contribution in [0, 0.1) is 45.8 Å². The molecule has 150 valence electrons. The maximum atomic E-state index is 13.6. The zero-order valence-corrected chi connectivity index (χ0v) is 17.0. The molecule has 6 rings (SSSR count). The summed E-state index contributed by atoms with van der Waals surface area (Å²) in [6.45, 7) is 10.5. The molecule has 4 nitrogen and oxygen atoms in total. The summed E-state index contributed by atoms with van der Waals surface area (Å²) in [6.07, 6.45) is 8.03. The number of rotatable bonds is 1. The lowest BCUT2D eigenvalue weighted by molar-refractivity contribution is -0.146. The molecule has 1 N–H and O–H groups in total. The van der Waals surface area contributed by atoms with E-state index in [4.69, 9.17) is 4.74 Å². The zero-order chi connectivity index (χ0) is 19.9. The van der Waals surface area contributed by atoms with E-state index in [9.17, 15) is 14.7 Å². The fraction of sp³-hybridized carbons (Fsp3) is 0.750. The highest BCUT2D eigenvalue weighted by molar-refractivity contribution is 5.93. The van der Waals surface area contributed by atoms with Gasteiger partial charge in [0.15, 0.2) is 0 Å². The molecule has 1 saturated heterocycles. The van der Waals surface area contributed by atoms with Gasteiger partial charge in [0.25, 0.3) is 0 Å². The summed E-state index contributed by atoms with van der Waals surface area (Å²) in [4.78, 5) is 25.9. The Morgan fingerprint density at radius 3 is 2.75 bits per heavy atom. The molecule has 0 aromatic heterocycles. The van der Waals surface area contributed by atoms with Gasteiger partial charge in [0.05, 0.1) is 5.60 Å². The highest BCUT2D eigenvalue weighted by Crippen LogP contribution is 2.83. The van der Waals surface area contributed by atoms with E-state index in [1.165, 1.54) is 0 Å². The third-order valence-corrected chi connectivity index (χ3v) is 10.3. The van der Waals surface area contributed by atoms with E-state index >= 15 is 0 Å². The van der Waals surface area contributed by atoms with E-state index in [-0.39, 0.29) is 40.7 Å². The van der Waals surface area contributed by atoms with Crippen molar-refractivity contribution >= 4 is 11.8 Å². The van der Waals surface area contributed by atoms with Crippen LogP contribution in [-0.2, 0) is 14.3 Å². The Labute approximate surface area is 166 Å². The first-order valence-corrected chi connectivity index (χ1v) is 11.0. The molecule has 9 unspecified atom stereocenters. The molecule has 0 amide bonds. The van der Waals surface area contributed by atoms with Crippen molar-refractivity contribution in [3.8, 4) is 0 Å². The first kappa shape index (κ1) is 17.4. The van der Waals surface area contributed by atoms with Crippen LogP contribution in [0.3, 0.4) is 0 Å². The van der Waals surface area contributed by atoms with Gasteiger partial charge in [0.1, 0.15) is 11.9 Å². The van der Waals surface area contributed by atoms with Crippen LogP contribution < -0.4 is 0 Å². The second-order valence-corrected chi connectivity index (χ2v) is 11.2. The molecule has 5 aliphatic carbocycles. The largest absolute Gasteiger partial charge is 0.458 e. The van der Waals surface area contributed by atoms with E-state index in [0.717, 1.165) is 19.3 Å². The van der Waals surface area contributed by atoms with E-state index < -0.39 is 11.0 Å². The van der Waals surface area contributed by atoms with Crippen molar-refractivity contribution in [1.29, 1.82) is 0 Å². The van der Waals surface area contributed by atoms with E-state index in [0.29, 0.717) is 36.0 Å². The number of hydrogen-bond donors (Lipinski definition) is 1. The minimum Gasteiger partial charge on any atom is -0.458 e. The van der Waals surface area contributed by atoms with Crippen LogP contribution in [0.1, 0.15) is 52.9 Å². The summed E-state index contributed by atoms with van der Waals surface area (Å²) in [6, 6.07) is 0. The van der Waals surface area contributed by atoms with E-state index in [1.807, 2.05) is 6.92 Å². The summed E-state index contributed by atoms with van der Waals surface area (Å²) in [7, 11) is 0. The summed E-state index contributed by atoms with van der Waals surface area (Å²) in [5, 5.41) is 11.7. The average Bonchev–Trinajstić information content (AvgIpc) is 2.90. The summed E-state index contributed by atoms with van der Waals surface area (Å²) < 4.78 is 5.90. The van der Waals surface area contributed by atoms with Crippen LogP contribution in [0.4, 0.5) is 0 Å². The molecular weight excluding hydrogens is 352 g/mol. The molecule has 5 fully saturated rings. The number of Topliss-reactive ketones (excluding diaryl/α,β-unsaturated/α-hetero) is 1. The number of fused-ring (bicyclic) bond motifs is 4. The lowest BCUT2D eigenvalue weighted by Gasteiger charge is -2.44. The fourth-order valence-corrected chi connectivity index (χ4v) is 8.64. The molecule has 9 atom stereocenters. The van der Waals surface area contributed by atoms with Crippen LogP contribution in [0.25, 0.3) is 0 Å². The molecule has 4 saturated carbocycles. The molecule has 1 aliphatic heterocycles. The predicted molar refractivity (Wildman–Crippen MR) is 103 cm³/mol. The Morgan fingerprint density at radius 2 is 2.07 bits per heavy atom. The standard InChI is InChI=1S/C24H30O4/c1-12(2)22-9-16(22)24(17(25)10-22)11-23-8-6-15(24)18(23)19-14(5-7-21(23,4)27)13(3)20(26)28-19/h6,8,12,14-16,18-19,27H,3,5,7,9-11H2,1-2,4H3. The predicted octanol–water partition coefficient (Wildman–Crippen LogP) is 3.44. The number of carbonyl (C=O) groups excluding carboxylic acids is 2. The summed E-state index contributed by atoms with van der Waals surface area (Å²) in [5.41, 5.74) is -1.04. The number of hydrogen-bond acceptors (Lipinski definition) is 4. The summed E-state index contributed by atoms with van der Waals surface area (Å²) in [5.74, 6) is 1.07. The van der Waals surface area contributed by atoms with E-state index in [2.05, 4.69) is 32.6 Å². The minimum absolute atomic E-state index is 0.00860. The van der Waals surface area contributed by atoms with Crippen LogP contribution in [-0.4, -0.2) is 28.6 Å². The van der Waals surface area contributed by atoms with Gasteiger partial charge in [-0.25, -0.2) is 4.79 Å². The van der Waals surface area contributed by atoms with Gasteiger partial charge in [-0.2, -0.15) is 0 Å². The lowest BCUT2D eigenvalue weighted by atomic mass is 9.63. The SMILES string of the molecule is C=C1C(=O)OC2C1CCC(C)(O)C13C=CC(C21)C1(C3)C(=O)CC2(C(C)C)CC21. The third-order valence-electron chi connectivity index (χ3n) is 10.3. The fourth-order valence-electron chi connectivity index (χ4n) is 8.64. The molecule has 0 aromatic carbocycles. The number of allylic oxidation sites excluding steroid dienone is 1. The van der Waals surface area contributed by atoms with Crippen molar-refractivity contribution in [2.45, 2.75) is 64.6 Å². The molecule has 2 bridgehead atoms. The van der Waals surface area contributed by atoms with Crippen LogP contribution >= 0.6 is 0 Å². The molecule has 6 aliphatic rings. The Bertz CT molecular complexity index is 868. The van der Waals surface area contributed by atoms with Crippen molar-refractivity contribution in [3.05, 3.63) is 24.3 Å². The van der Waals surface area contributed by atoms with Crippen molar-refractivity contribution in [2.75, 3.05) is 0 Å². The van der Waals surface area contributed by atoms with Crippen LogP contribution in [0.2, 0.25) is 0 Å². The van der Waals surface area contributed by atoms with Crippen LogP contribution in [0.15, 0.2) is 24.3 Å². The first-order chi connectivity index (χ1) is 13.1. The van der Waals surface area contributed by atoms with Gasteiger partial charge in [-0.15, -0.1) is 0 Å². The highest BCUT2D eigenvalue weighted by Gasteiger charge is 2.83. The Kier molecular flexibility index (Phi) is 2.90. The zero-order valence-electron chi connectivity index (χ0n) is 17.0. The van der Waals surface area contributed by atoms with Crippen molar-refractivity contribution in [3.63, 3.8) is 0 Å². The van der Waals surface area contributed by atoms with Crippen molar-refractivity contribution in [1.82, 2.24) is 0 Å². The molecule has 28 heavy (non-hydrogen) atoms. The lowest BCUT2D eigenvalue weighted by Crippen LogP contribution is -2.48. The molecular formula is C24H30O4. The first-order valence-electron chi connectivity index (χ1n) is 11.0. The van der Waals surface area contributed by atoms with Gasteiger partial charge >= 0.3 is 5.97 Å². The second kappa shape index (κ2) is 4.66. The number of carbonyl (C=O) groups is 2. The molecule has 0 radical (unpaired) electrons. The Hall–Kier alpha value is -1.42. The average molecular weight is 383 g/mol. The van der Waals surface area contributed by atoms with Gasteiger partial charge in [0, 0.05) is 34.7 Å². The van der Waals surface area contributed by atoms with Crippen molar-refractivity contribution < 1.29 is 19.4 Å². The smallest absolute Gasteiger partial charge is 0.334 e. The normalized spacial score (nSPS) is 58.2. The van der Waals surface area contributed by atoms with Crippen molar-refractivity contribution in [2.24, 2.45) is 45.8 Å². The monoisotopic (exact) mass is 382 g/mol. The number of ketones is 1. The Balaban J connectivity index is 1.51. The maximum Gasteiger partial charge on any atom is 0.334 e. The highest BCUT2D eigenvalue weighted by atomic mass is 16.6. The topological polar surface area (TPSA) is 63.6 Å². The molecule has 1 spiro atoms. The van der Waals surface area contributed by atoms with Gasteiger partial charge in [0.2, 0.25) is 0 Å². The van der Waals surface area contributed by atoms with Gasteiger partial charge in [-0.05, 0) is 55.8 Å². The molecule has 1 heterocycles. The van der Waals surface area contributed by atoms with E-state index in [1.54, 1.807) is 0 Å². The third kappa shape index (κ3) is 1.56. The second-order valence-electron chi connectivity index (χ2n) is 11.2. The molecule has 4 heteroatoms. The minimum atomic E-state index is -0.901.